The fourth-order valence-electron chi connectivity index (χ4n) is 2.10. The molecule has 0 amide bonds. The van der Waals surface area contributed by atoms with Crippen molar-refractivity contribution in [3.05, 3.63) is 57.1 Å². The van der Waals surface area contributed by atoms with Crippen LogP contribution in [0.15, 0.2) is 28.7 Å². The van der Waals surface area contributed by atoms with Crippen LogP contribution in [0.4, 0.5) is 8.78 Å². The smallest absolute Gasteiger partial charge is 0.198 e. The predicted molar refractivity (Wildman–Crippen MR) is 82.8 cm³/mol. The van der Waals surface area contributed by atoms with Crippen LogP contribution in [-0.2, 0) is 6.42 Å². The summed E-state index contributed by atoms with van der Waals surface area (Å²) in [5.74, 6) is -1.44. The lowest BCUT2D eigenvalue weighted by atomic mass is 10.1. The van der Waals surface area contributed by atoms with E-state index in [1.54, 1.807) is 12.1 Å². The second-order valence-electron chi connectivity index (χ2n) is 4.90. The van der Waals surface area contributed by atoms with E-state index in [4.69, 9.17) is 10.5 Å². The Kier molecular flexibility index (Phi) is 4.96. The van der Waals surface area contributed by atoms with Crippen molar-refractivity contribution in [2.45, 2.75) is 20.3 Å². The predicted octanol–water partition coefficient (Wildman–Crippen LogP) is 4.64. The van der Waals surface area contributed by atoms with Crippen LogP contribution < -0.4 is 10.5 Å². The van der Waals surface area contributed by atoms with Crippen molar-refractivity contribution in [2.75, 3.05) is 6.54 Å². The first kappa shape index (κ1) is 15.9. The van der Waals surface area contributed by atoms with Gasteiger partial charge >= 0.3 is 0 Å². The van der Waals surface area contributed by atoms with E-state index >= 15 is 0 Å². The molecule has 0 heterocycles. The molecule has 2 nitrogen and oxygen atoms in total. The maximum atomic E-state index is 14.0. The van der Waals surface area contributed by atoms with Crippen LogP contribution in [0.2, 0.25) is 0 Å². The van der Waals surface area contributed by atoms with E-state index in [0.717, 1.165) is 15.6 Å². The van der Waals surface area contributed by atoms with Gasteiger partial charge in [-0.2, -0.15) is 0 Å². The second-order valence-corrected chi connectivity index (χ2v) is 5.69. The lowest BCUT2D eigenvalue weighted by molar-refractivity contribution is 0.406. The number of nitrogens with two attached hydrogens (primary N) is 1. The van der Waals surface area contributed by atoms with E-state index in [0.29, 0.717) is 24.3 Å². The lowest BCUT2D eigenvalue weighted by Crippen LogP contribution is -2.04. The SMILES string of the molecule is Cc1cc(Oc2c(F)cc(CCN)cc2F)cc(C)c1Br. The summed E-state index contributed by atoms with van der Waals surface area (Å²) in [6.45, 7) is 4.12. The van der Waals surface area contributed by atoms with Gasteiger partial charge in [0.25, 0.3) is 0 Å². The monoisotopic (exact) mass is 355 g/mol. The third kappa shape index (κ3) is 3.60. The summed E-state index contributed by atoms with van der Waals surface area (Å²) in [6.07, 6.45) is 0.421. The van der Waals surface area contributed by atoms with Crippen LogP contribution in [0, 0.1) is 25.5 Å². The van der Waals surface area contributed by atoms with Crippen LogP contribution in [0.5, 0.6) is 11.5 Å². The zero-order valence-corrected chi connectivity index (χ0v) is 13.4. The molecular formula is C16H16BrF2NO. The number of rotatable bonds is 4. The number of aryl methyl sites for hydroxylation is 2. The van der Waals surface area contributed by atoms with Crippen molar-refractivity contribution in [1.82, 2.24) is 0 Å². The number of hydrogen-bond donors (Lipinski definition) is 1. The molecule has 2 N–H and O–H groups in total. The van der Waals surface area contributed by atoms with E-state index < -0.39 is 17.4 Å². The molecular weight excluding hydrogens is 340 g/mol. The number of benzene rings is 2. The zero-order valence-electron chi connectivity index (χ0n) is 11.8. The Bertz CT molecular complexity index is 627. The molecule has 0 bridgehead atoms. The van der Waals surface area contributed by atoms with Crippen molar-refractivity contribution in [2.24, 2.45) is 5.73 Å². The van der Waals surface area contributed by atoms with Crippen molar-refractivity contribution in [3.63, 3.8) is 0 Å². The minimum Gasteiger partial charge on any atom is -0.451 e. The van der Waals surface area contributed by atoms with E-state index in [2.05, 4.69) is 15.9 Å². The number of halogens is 3. The second kappa shape index (κ2) is 6.54. The Labute approximate surface area is 131 Å². The summed E-state index contributed by atoms with van der Waals surface area (Å²) in [5, 5.41) is 0. The Morgan fingerprint density at radius 3 is 2.05 bits per heavy atom. The van der Waals surface area contributed by atoms with Crippen LogP contribution in [0.3, 0.4) is 0 Å². The highest BCUT2D eigenvalue weighted by atomic mass is 79.9. The Balaban J connectivity index is 2.36. The summed E-state index contributed by atoms with van der Waals surface area (Å²) in [5.41, 5.74) is 7.78. The Hall–Kier alpha value is -1.46. The molecule has 5 heteroatoms. The minimum absolute atomic E-state index is 0.337. The van der Waals surface area contributed by atoms with Gasteiger partial charge in [-0.3, -0.25) is 0 Å². The molecule has 0 unspecified atom stereocenters. The van der Waals surface area contributed by atoms with Crippen LogP contribution in [0.1, 0.15) is 16.7 Å². The van der Waals surface area contributed by atoms with E-state index in [1.165, 1.54) is 12.1 Å². The molecule has 0 spiro atoms. The van der Waals surface area contributed by atoms with Gasteiger partial charge < -0.3 is 10.5 Å². The quantitative estimate of drug-likeness (QED) is 0.866. The average Bonchev–Trinajstić information content (AvgIpc) is 2.40. The summed E-state index contributed by atoms with van der Waals surface area (Å²) >= 11 is 3.44. The molecule has 2 aromatic carbocycles. The molecule has 2 aromatic rings. The maximum Gasteiger partial charge on any atom is 0.198 e. The highest BCUT2D eigenvalue weighted by Crippen LogP contribution is 2.32. The van der Waals surface area contributed by atoms with E-state index in [-0.39, 0.29) is 0 Å². The number of ether oxygens (including phenoxy) is 1. The zero-order chi connectivity index (χ0) is 15.6. The summed E-state index contributed by atoms with van der Waals surface area (Å²) < 4.78 is 34.3. The Morgan fingerprint density at radius 2 is 1.57 bits per heavy atom. The molecule has 0 saturated heterocycles. The average molecular weight is 356 g/mol. The van der Waals surface area contributed by atoms with Crippen LogP contribution in [-0.4, -0.2) is 6.54 Å². The van der Waals surface area contributed by atoms with Gasteiger partial charge in [-0.05, 0) is 67.8 Å². The minimum atomic E-state index is -0.725. The van der Waals surface area contributed by atoms with Gasteiger partial charge in [0.1, 0.15) is 5.75 Å². The molecule has 0 radical (unpaired) electrons. The standard InChI is InChI=1S/C16H16BrF2NO/c1-9-5-12(6-10(2)15(9)17)21-16-13(18)7-11(3-4-20)8-14(16)19/h5-8H,3-4,20H2,1-2H3. The van der Waals surface area contributed by atoms with Crippen LogP contribution in [0.25, 0.3) is 0 Å². The summed E-state index contributed by atoms with van der Waals surface area (Å²) in [7, 11) is 0. The molecule has 0 aliphatic carbocycles. The lowest BCUT2D eigenvalue weighted by Gasteiger charge is -2.12. The number of hydrogen-bond acceptors (Lipinski definition) is 2. The fourth-order valence-corrected chi connectivity index (χ4v) is 2.33. The summed E-state index contributed by atoms with van der Waals surface area (Å²) in [4.78, 5) is 0. The van der Waals surface area contributed by atoms with Gasteiger partial charge in [0.05, 0.1) is 0 Å². The van der Waals surface area contributed by atoms with Gasteiger partial charge in [-0.1, -0.05) is 15.9 Å². The van der Waals surface area contributed by atoms with E-state index in [1.807, 2.05) is 13.8 Å². The first-order valence-corrected chi connectivity index (χ1v) is 7.34. The summed E-state index contributed by atoms with van der Waals surface area (Å²) in [6, 6.07) is 5.96. The molecule has 0 aliphatic heterocycles. The van der Waals surface area contributed by atoms with Crippen molar-refractivity contribution < 1.29 is 13.5 Å². The first-order valence-electron chi connectivity index (χ1n) is 6.55. The van der Waals surface area contributed by atoms with Crippen molar-refractivity contribution >= 4 is 15.9 Å². The van der Waals surface area contributed by atoms with Crippen molar-refractivity contribution in [3.8, 4) is 11.5 Å². The maximum absolute atomic E-state index is 14.0. The molecule has 0 aliphatic rings. The largest absolute Gasteiger partial charge is 0.451 e. The highest BCUT2D eigenvalue weighted by Gasteiger charge is 2.14. The van der Waals surface area contributed by atoms with Crippen molar-refractivity contribution in [1.29, 1.82) is 0 Å². The first-order chi connectivity index (χ1) is 9.92. The van der Waals surface area contributed by atoms with E-state index in [9.17, 15) is 8.78 Å². The normalized spacial score (nSPS) is 10.8. The molecule has 2 rings (SSSR count). The molecule has 21 heavy (non-hydrogen) atoms. The molecule has 0 fully saturated rings. The highest BCUT2D eigenvalue weighted by molar-refractivity contribution is 9.10. The van der Waals surface area contributed by atoms with Gasteiger partial charge in [-0.15, -0.1) is 0 Å². The molecule has 112 valence electrons. The van der Waals surface area contributed by atoms with Gasteiger partial charge in [0, 0.05) is 4.47 Å². The molecule has 0 atom stereocenters. The van der Waals surface area contributed by atoms with Crippen LogP contribution >= 0.6 is 15.9 Å². The fraction of sp³-hybridized carbons (Fsp3) is 0.250. The molecule has 0 saturated carbocycles. The van der Waals surface area contributed by atoms with Gasteiger partial charge in [0.2, 0.25) is 0 Å². The third-order valence-electron chi connectivity index (χ3n) is 3.12. The third-order valence-corrected chi connectivity index (χ3v) is 4.37. The Morgan fingerprint density at radius 1 is 1.05 bits per heavy atom. The topological polar surface area (TPSA) is 35.2 Å². The van der Waals surface area contributed by atoms with Gasteiger partial charge in [-0.25, -0.2) is 8.78 Å². The molecule has 0 aromatic heterocycles. The van der Waals surface area contributed by atoms with Gasteiger partial charge in [0.15, 0.2) is 17.4 Å².